The molecule has 0 atom stereocenters. The molecule has 3 nitrogen and oxygen atoms in total. The molecule has 0 spiro atoms. The number of nitrogens with two attached hydrogens (primary N) is 1. The molecular formula is C11H12FN3S. The molecule has 0 aliphatic heterocycles. The van der Waals surface area contributed by atoms with Crippen molar-refractivity contribution >= 4 is 16.5 Å². The molecule has 0 unspecified atom stereocenters. The van der Waals surface area contributed by atoms with Crippen LogP contribution in [0.1, 0.15) is 16.1 Å². The second-order valence-electron chi connectivity index (χ2n) is 3.62. The minimum Gasteiger partial charge on any atom is -0.374 e. The highest BCUT2D eigenvalue weighted by atomic mass is 32.1. The molecule has 1 aromatic carbocycles. The van der Waals surface area contributed by atoms with E-state index in [9.17, 15) is 4.39 Å². The van der Waals surface area contributed by atoms with Gasteiger partial charge in [-0.25, -0.2) is 4.39 Å². The molecule has 0 saturated heterocycles. The summed E-state index contributed by atoms with van der Waals surface area (Å²) in [4.78, 5) is 0. The number of nitrogens with zero attached hydrogens (tertiary/aromatic N) is 2. The molecule has 0 saturated carbocycles. The zero-order valence-corrected chi connectivity index (χ0v) is 9.72. The number of aryl methyl sites for hydroxylation is 3. The summed E-state index contributed by atoms with van der Waals surface area (Å²) in [6.07, 6.45) is 1.62. The average molecular weight is 237 g/mol. The lowest BCUT2D eigenvalue weighted by Crippen LogP contribution is -1.93. The quantitative estimate of drug-likeness (QED) is 0.891. The van der Waals surface area contributed by atoms with Crippen LogP contribution >= 0.6 is 11.3 Å². The maximum absolute atomic E-state index is 13.0. The predicted octanol–water partition coefficient (Wildman–Crippen LogP) is 2.35. The van der Waals surface area contributed by atoms with E-state index in [1.54, 1.807) is 13.0 Å². The second kappa shape index (κ2) is 4.57. The molecule has 2 aromatic rings. The summed E-state index contributed by atoms with van der Waals surface area (Å²) in [6, 6.07) is 5.16. The largest absolute Gasteiger partial charge is 0.374 e. The highest BCUT2D eigenvalue weighted by Gasteiger charge is 2.03. The lowest BCUT2D eigenvalue weighted by molar-refractivity contribution is 0.617. The first kappa shape index (κ1) is 11.0. The van der Waals surface area contributed by atoms with Gasteiger partial charge in [-0.1, -0.05) is 23.5 Å². The molecule has 5 heteroatoms. The van der Waals surface area contributed by atoms with Crippen LogP contribution in [0.3, 0.4) is 0 Å². The molecule has 16 heavy (non-hydrogen) atoms. The first-order valence-electron chi connectivity index (χ1n) is 4.98. The number of nitrogen functional groups attached to an aromatic ring is 1. The number of halogens is 1. The first-order valence-corrected chi connectivity index (χ1v) is 5.79. The molecule has 0 fully saturated rings. The third kappa shape index (κ3) is 2.55. The van der Waals surface area contributed by atoms with Gasteiger partial charge in [0.15, 0.2) is 0 Å². The van der Waals surface area contributed by atoms with E-state index in [1.807, 2.05) is 6.07 Å². The Balaban J connectivity index is 2.02. The van der Waals surface area contributed by atoms with Crippen molar-refractivity contribution in [2.75, 3.05) is 5.73 Å². The Morgan fingerprint density at radius 3 is 2.75 bits per heavy atom. The van der Waals surface area contributed by atoms with Gasteiger partial charge in [0, 0.05) is 6.42 Å². The summed E-state index contributed by atoms with van der Waals surface area (Å²) in [6.45, 7) is 1.77. The van der Waals surface area contributed by atoms with Crippen LogP contribution in [-0.2, 0) is 12.8 Å². The first-order chi connectivity index (χ1) is 7.65. The molecule has 0 aliphatic rings. The molecule has 1 heterocycles. The van der Waals surface area contributed by atoms with E-state index < -0.39 is 0 Å². The normalized spacial score (nSPS) is 10.6. The van der Waals surface area contributed by atoms with E-state index in [4.69, 9.17) is 5.73 Å². The SMILES string of the molecule is Cc1cc(CCc2nnc(N)s2)ccc1F. The van der Waals surface area contributed by atoms with Crippen molar-refractivity contribution in [1.29, 1.82) is 0 Å². The third-order valence-corrected chi connectivity index (χ3v) is 3.14. The zero-order chi connectivity index (χ0) is 11.5. The topological polar surface area (TPSA) is 51.8 Å². The van der Waals surface area contributed by atoms with Crippen LogP contribution < -0.4 is 5.73 Å². The Bertz CT molecular complexity index is 496. The summed E-state index contributed by atoms with van der Waals surface area (Å²) in [7, 11) is 0. The monoisotopic (exact) mass is 237 g/mol. The Kier molecular flexibility index (Phi) is 3.14. The lowest BCUT2D eigenvalue weighted by Gasteiger charge is -2.01. The smallest absolute Gasteiger partial charge is 0.203 e. The van der Waals surface area contributed by atoms with E-state index in [0.717, 1.165) is 23.4 Å². The maximum atomic E-state index is 13.0. The fourth-order valence-corrected chi connectivity index (χ4v) is 2.09. The van der Waals surface area contributed by atoms with Crippen molar-refractivity contribution < 1.29 is 4.39 Å². The lowest BCUT2D eigenvalue weighted by atomic mass is 10.1. The molecule has 1 aromatic heterocycles. The molecule has 84 valence electrons. The summed E-state index contributed by atoms with van der Waals surface area (Å²) in [5.74, 6) is -0.163. The highest BCUT2D eigenvalue weighted by Crippen LogP contribution is 2.15. The fourth-order valence-electron chi connectivity index (χ4n) is 1.48. The van der Waals surface area contributed by atoms with Gasteiger partial charge in [0.05, 0.1) is 0 Å². The van der Waals surface area contributed by atoms with Crippen molar-refractivity contribution in [2.45, 2.75) is 19.8 Å². The van der Waals surface area contributed by atoms with Crippen LogP contribution in [0.4, 0.5) is 9.52 Å². The van der Waals surface area contributed by atoms with Gasteiger partial charge in [0.2, 0.25) is 5.13 Å². The van der Waals surface area contributed by atoms with Crippen LogP contribution in [0.5, 0.6) is 0 Å². The predicted molar refractivity (Wildman–Crippen MR) is 62.9 cm³/mol. The maximum Gasteiger partial charge on any atom is 0.203 e. The van der Waals surface area contributed by atoms with Gasteiger partial charge in [0.25, 0.3) is 0 Å². The van der Waals surface area contributed by atoms with E-state index in [0.29, 0.717) is 10.7 Å². The molecule has 0 amide bonds. The van der Waals surface area contributed by atoms with Crippen molar-refractivity contribution in [3.8, 4) is 0 Å². The number of rotatable bonds is 3. The van der Waals surface area contributed by atoms with Gasteiger partial charge in [0.1, 0.15) is 10.8 Å². The summed E-state index contributed by atoms with van der Waals surface area (Å²) >= 11 is 1.40. The van der Waals surface area contributed by atoms with Gasteiger partial charge in [-0.15, -0.1) is 10.2 Å². The number of hydrogen-bond acceptors (Lipinski definition) is 4. The molecule has 0 aliphatic carbocycles. The summed E-state index contributed by atoms with van der Waals surface area (Å²) < 4.78 is 13.0. The summed E-state index contributed by atoms with van der Waals surface area (Å²) in [5.41, 5.74) is 7.27. The minimum atomic E-state index is -0.163. The Morgan fingerprint density at radius 1 is 1.31 bits per heavy atom. The van der Waals surface area contributed by atoms with Gasteiger partial charge in [-0.3, -0.25) is 0 Å². The van der Waals surface area contributed by atoms with Gasteiger partial charge in [-0.05, 0) is 30.5 Å². The van der Waals surface area contributed by atoms with Crippen LogP contribution in [0.25, 0.3) is 0 Å². The minimum absolute atomic E-state index is 0.163. The van der Waals surface area contributed by atoms with E-state index >= 15 is 0 Å². The Labute approximate surface area is 97.1 Å². The van der Waals surface area contributed by atoms with Gasteiger partial charge < -0.3 is 5.73 Å². The van der Waals surface area contributed by atoms with Crippen LogP contribution in [0.15, 0.2) is 18.2 Å². The molecule has 0 bridgehead atoms. The van der Waals surface area contributed by atoms with Gasteiger partial charge >= 0.3 is 0 Å². The van der Waals surface area contributed by atoms with E-state index in [-0.39, 0.29) is 5.82 Å². The van der Waals surface area contributed by atoms with Crippen LogP contribution in [0.2, 0.25) is 0 Å². The van der Waals surface area contributed by atoms with E-state index in [2.05, 4.69) is 10.2 Å². The third-order valence-electron chi connectivity index (χ3n) is 2.33. The van der Waals surface area contributed by atoms with Crippen molar-refractivity contribution in [2.24, 2.45) is 0 Å². The molecule has 2 N–H and O–H groups in total. The summed E-state index contributed by atoms with van der Waals surface area (Å²) in [5, 5.41) is 9.09. The number of aromatic nitrogens is 2. The fraction of sp³-hybridized carbons (Fsp3) is 0.273. The van der Waals surface area contributed by atoms with Crippen LogP contribution in [0, 0.1) is 12.7 Å². The van der Waals surface area contributed by atoms with Crippen molar-refractivity contribution in [3.05, 3.63) is 40.2 Å². The van der Waals surface area contributed by atoms with Crippen LogP contribution in [-0.4, -0.2) is 10.2 Å². The second-order valence-corrected chi connectivity index (χ2v) is 4.71. The molecular weight excluding hydrogens is 225 g/mol. The van der Waals surface area contributed by atoms with Crippen molar-refractivity contribution in [3.63, 3.8) is 0 Å². The number of anilines is 1. The Morgan fingerprint density at radius 2 is 2.12 bits per heavy atom. The van der Waals surface area contributed by atoms with Gasteiger partial charge in [-0.2, -0.15) is 0 Å². The molecule has 0 radical (unpaired) electrons. The zero-order valence-electron chi connectivity index (χ0n) is 8.90. The van der Waals surface area contributed by atoms with Crippen molar-refractivity contribution in [1.82, 2.24) is 10.2 Å². The number of hydrogen-bond donors (Lipinski definition) is 1. The average Bonchev–Trinajstić information content (AvgIpc) is 2.66. The molecule has 2 rings (SSSR count). The Hall–Kier alpha value is -1.49. The van der Waals surface area contributed by atoms with E-state index in [1.165, 1.54) is 17.4 Å². The number of benzene rings is 1. The standard InChI is InChI=1S/C11H12FN3S/c1-7-6-8(2-4-9(7)12)3-5-10-14-15-11(13)16-10/h2,4,6H,3,5H2,1H3,(H2,13,15). The highest BCUT2D eigenvalue weighted by molar-refractivity contribution is 7.15.